The second-order valence-electron chi connectivity index (χ2n) is 6.12. The topological polar surface area (TPSA) is 42.8 Å². The molecule has 3 aromatic carbocycles. The van der Waals surface area contributed by atoms with E-state index in [1.165, 1.54) is 0 Å². The monoisotopic (exact) mass is 448 g/mol. The minimum absolute atomic E-state index is 0.305. The average Bonchev–Trinajstić information content (AvgIpc) is 2.72. The van der Waals surface area contributed by atoms with Gasteiger partial charge in [0.1, 0.15) is 6.61 Å². The molecule has 0 fully saturated rings. The molecule has 7 heteroatoms. The van der Waals surface area contributed by atoms with Gasteiger partial charge in [-0.2, -0.15) is 5.10 Å². The van der Waals surface area contributed by atoms with Gasteiger partial charge in [0.2, 0.25) is 0 Å². The third kappa shape index (κ3) is 6.04. The summed E-state index contributed by atoms with van der Waals surface area (Å²) >= 11 is 18.2. The first-order chi connectivity index (χ1) is 14.1. The summed E-state index contributed by atoms with van der Waals surface area (Å²) < 4.78 is 11.3. The predicted octanol–water partition coefficient (Wildman–Crippen LogP) is 6.36. The number of methoxy groups -OCH3 is 1. The standard InChI is InChI=1S/C22H19Cl3N2O2/c1-28-22-10-15(12-26-27-13-16-4-2-3-5-19(16)24)6-9-21(22)29-14-17-7-8-18(23)11-20(17)25/h2-12,27H,13-14H2,1H3/b26-12-. The summed E-state index contributed by atoms with van der Waals surface area (Å²) in [4.78, 5) is 0. The lowest BCUT2D eigenvalue weighted by Gasteiger charge is -2.12. The van der Waals surface area contributed by atoms with Crippen LogP contribution in [-0.2, 0) is 13.2 Å². The number of rotatable bonds is 8. The zero-order chi connectivity index (χ0) is 20.6. The van der Waals surface area contributed by atoms with Gasteiger partial charge in [-0.3, -0.25) is 0 Å². The van der Waals surface area contributed by atoms with Crippen LogP contribution in [0.1, 0.15) is 16.7 Å². The molecule has 0 bridgehead atoms. The van der Waals surface area contributed by atoms with Gasteiger partial charge in [-0.15, -0.1) is 0 Å². The van der Waals surface area contributed by atoms with E-state index in [0.717, 1.165) is 16.7 Å². The molecule has 1 N–H and O–H groups in total. The van der Waals surface area contributed by atoms with E-state index in [1.54, 1.807) is 25.5 Å². The summed E-state index contributed by atoms with van der Waals surface area (Å²) in [5, 5.41) is 6.09. The molecule has 0 aliphatic rings. The van der Waals surface area contributed by atoms with Gasteiger partial charge in [0.15, 0.2) is 11.5 Å². The maximum atomic E-state index is 6.19. The first kappa shape index (κ1) is 21.3. The van der Waals surface area contributed by atoms with E-state index in [-0.39, 0.29) is 0 Å². The van der Waals surface area contributed by atoms with E-state index in [1.807, 2.05) is 48.5 Å². The third-order valence-corrected chi connectivity index (χ3v) is 5.07. The van der Waals surface area contributed by atoms with Crippen LogP contribution in [0.25, 0.3) is 0 Å². The molecule has 0 spiro atoms. The zero-order valence-corrected chi connectivity index (χ0v) is 17.9. The maximum absolute atomic E-state index is 6.19. The molecule has 0 atom stereocenters. The van der Waals surface area contributed by atoms with Crippen LogP contribution in [0, 0.1) is 0 Å². The number of ether oxygens (including phenoxy) is 2. The Balaban J connectivity index is 1.61. The summed E-state index contributed by atoms with van der Waals surface area (Å²) in [6.07, 6.45) is 1.71. The van der Waals surface area contributed by atoms with Gasteiger partial charge in [0.25, 0.3) is 0 Å². The molecule has 3 aromatic rings. The van der Waals surface area contributed by atoms with E-state index in [2.05, 4.69) is 10.5 Å². The van der Waals surface area contributed by atoms with Gasteiger partial charge >= 0.3 is 0 Å². The van der Waals surface area contributed by atoms with Crippen LogP contribution in [0.3, 0.4) is 0 Å². The normalized spacial score (nSPS) is 10.9. The SMILES string of the molecule is COc1cc(/C=N\NCc2ccccc2Cl)ccc1OCc1ccc(Cl)cc1Cl. The van der Waals surface area contributed by atoms with Crippen molar-refractivity contribution in [2.24, 2.45) is 5.10 Å². The van der Waals surface area contributed by atoms with Gasteiger partial charge in [-0.25, -0.2) is 0 Å². The highest BCUT2D eigenvalue weighted by Crippen LogP contribution is 2.29. The van der Waals surface area contributed by atoms with E-state index in [0.29, 0.717) is 39.7 Å². The molecule has 0 saturated heterocycles. The van der Waals surface area contributed by atoms with E-state index < -0.39 is 0 Å². The predicted molar refractivity (Wildman–Crippen MR) is 120 cm³/mol. The molecule has 0 radical (unpaired) electrons. The molecule has 0 aliphatic heterocycles. The van der Waals surface area contributed by atoms with Gasteiger partial charge in [0, 0.05) is 20.6 Å². The molecule has 150 valence electrons. The fourth-order valence-corrected chi connectivity index (χ4v) is 3.24. The quantitative estimate of drug-likeness (QED) is 0.321. The lowest BCUT2D eigenvalue weighted by Crippen LogP contribution is -2.06. The van der Waals surface area contributed by atoms with Crippen molar-refractivity contribution < 1.29 is 9.47 Å². The second kappa shape index (κ2) is 10.4. The Kier molecular flexibility index (Phi) is 7.64. The molecule has 0 heterocycles. The average molecular weight is 450 g/mol. The largest absolute Gasteiger partial charge is 0.493 e. The van der Waals surface area contributed by atoms with E-state index in [9.17, 15) is 0 Å². The van der Waals surface area contributed by atoms with Crippen LogP contribution < -0.4 is 14.9 Å². The van der Waals surface area contributed by atoms with Crippen molar-refractivity contribution in [2.75, 3.05) is 7.11 Å². The minimum Gasteiger partial charge on any atom is -0.493 e. The number of nitrogens with one attached hydrogen (secondary N) is 1. The third-order valence-electron chi connectivity index (χ3n) is 4.12. The van der Waals surface area contributed by atoms with Crippen molar-refractivity contribution in [3.8, 4) is 11.5 Å². The van der Waals surface area contributed by atoms with Crippen LogP contribution in [-0.4, -0.2) is 13.3 Å². The first-order valence-electron chi connectivity index (χ1n) is 8.81. The highest BCUT2D eigenvalue weighted by Gasteiger charge is 2.08. The van der Waals surface area contributed by atoms with Crippen molar-refractivity contribution >= 4 is 41.0 Å². The summed E-state index contributed by atoms with van der Waals surface area (Å²) in [6, 6.07) is 18.5. The molecule has 0 aliphatic carbocycles. The first-order valence-corrected chi connectivity index (χ1v) is 9.94. The highest BCUT2D eigenvalue weighted by atomic mass is 35.5. The molecule has 3 rings (SSSR count). The summed E-state index contributed by atoms with van der Waals surface area (Å²) in [7, 11) is 1.59. The number of halogens is 3. The van der Waals surface area contributed by atoms with Crippen LogP contribution in [0.5, 0.6) is 11.5 Å². The maximum Gasteiger partial charge on any atom is 0.161 e. The Morgan fingerprint density at radius 1 is 0.897 bits per heavy atom. The Morgan fingerprint density at radius 2 is 1.72 bits per heavy atom. The summed E-state index contributed by atoms with van der Waals surface area (Å²) in [5.41, 5.74) is 5.67. The van der Waals surface area contributed by atoms with Gasteiger partial charge < -0.3 is 14.9 Å². The Morgan fingerprint density at radius 3 is 2.48 bits per heavy atom. The Bertz CT molecular complexity index is 1010. The van der Waals surface area contributed by atoms with Crippen molar-refractivity contribution in [1.29, 1.82) is 0 Å². The molecule has 0 aromatic heterocycles. The van der Waals surface area contributed by atoms with Gasteiger partial charge in [0.05, 0.1) is 19.9 Å². The lowest BCUT2D eigenvalue weighted by atomic mass is 10.2. The lowest BCUT2D eigenvalue weighted by molar-refractivity contribution is 0.284. The smallest absolute Gasteiger partial charge is 0.161 e. The van der Waals surface area contributed by atoms with Crippen molar-refractivity contribution in [3.05, 3.63) is 92.4 Å². The minimum atomic E-state index is 0.305. The number of hydrogen-bond donors (Lipinski definition) is 1. The Hall–Kier alpha value is -2.40. The molecule has 0 saturated carbocycles. The van der Waals surface area contributed by atoms with Crippen LogP contribution in [0.15, 0.2) is 65.8 Å². The number of benzene rings is 3. The second-order valence-corrected chi connectivity index (χ2v) is 7.37. The highest BCUT2D eigenvalue weighted by molar-refractivity contribution is 6.35. The molecule has 4 nitrogen and oxygen atoms in total. The fraction of sp³-hybridized carbons (Fsp3) is 0.136. The van der Waals surface area contributed by atoms with Crippen molar-refractivity contribution in [1.82, 2.24) is 5.43 Å². The zero-order valence-electron chi connectivity index (χ0n) is 15.7. The molecule has 0 amide bonds. The molecular formula is C22H19Cl3N2O2. The van der Waals surface area contributed by atoms with Crippen molar-refractivity contribution in [3.63, 3.8) is 0 Å². The van der Waals surface area contributed by atoms with Crippen molar-refractivity contribution in [2.45, 2.75) is 13.2 Å². The van der Waals surface area contributed by atoms with Crippen LogP contribution in [0.2, 0.25) is 15.1 Å². The number of nitrogens with zero attached hydrogens (tertiary/aromatic N) is 1. The van der Waals surface area contributed by atoms with E-state index in [4.69, 9.17) is 44.3 Å². The fourth-order valence-electron chi connectivity index (χ4n) is 2.57. The number of hydrogen-bond acceptors (Lipinski definition) is 4. The van der Waals surface area contributed by atoms with Gasteiger partial charge in [-0.1, -0.05) is 59.1 Å². The van der Waals surface area contributed by atoms with E-state index >= 15 is 0 Å². The molecule has 0 unspecified atom stereocenters. The van der Waals surface area contributed by atoms with Crippen LogP contribution >= 0.6 is 34.8 Å². The summed E-state index contributed by atoms with van der Waals surface area (Å²) in [6.45, 7) is 0.843. The number of hydrazone groups is 1. The molecule has 29 heavy (non-hydrogen) atoms. The molecular weight excluding hydrogens is 431 g/mol. The summed E-state index contributed by atoms with van der Waals surface area (Å²) in [5.74, 6) is 1.21. The van der Waals surface area contributed by atoms with Gasteiger partial charge in [-0.05, 0) is 47.5 Å². The Labute approximate surface area is 185 Å². The van der Waals surface area contributed by atoms with Crippen LogP contribution in [0.4, 0.5) is 0 Å².